The number of amides is 1. The molecule has 0 aliphatic heterocycles. The number of aromatic nitrogens is 2. The zero-order chi connectivity index (χ0) is 11.5. The van der Waals surface area contributed by atoms with Crippen LogP contribution in [0, 0.1) is 13.8 Å². The van der Waals surface area contributed by atoms with Gasteiger partial charge in [-0.2, -0.15) is 0 Å². The van der Waals surface area contributed by atoms with Gasteiger partial charge in [-0.05, 0) is 26.0 Å². The molecule has 0 atom stereocenters. The number of hydrogen-bond donors (Lipinski definition) is 2. The molecule has 0 aliphatic rings. The summed E-state index contributed by atoms with van der Waals surface area (Å²) in [5.74, 6) is 0.824. The number of aryl methyl sites for hydroxylation is 2. The third-order valence-electron chi connectivity index (χ3n) is 2.49. The fraction of sp³-hybridized carbons (Fsp3) is 0.167. The lowest BCUT2D eigenvalue weighted by molar-refractivity contribution is -0.105. The highest BCUT2D eigenvalue weighted by Crippen LogP contribution is 2.20. The molecule has 1 heterocycles. The van der Waals surface area contributed by atoms with Gasteiger partial charge in [0.25, 0.3) is 0 Å². The van der Waals surface area contributed by atoms with Crippen LogP contribution >= 0.6 is 0 Å². The Kier molecular flexibility index (Phi) is 2.72. The van der Waals surface area contributed by atoms with E-state index < -0.39 is 0 Å². The van der Waals surface area contributed by atoms with Gasteiger partial charge in [-0.1, -0.05) is 12.1 Å². The summed E-state index contributed by atoms with van der Waals surface area (Å²) in [6.07, 6.45) is 0.664. The third kappa shape index (κ3) is 1.95. The molecule has 2 aromatic rings. The SMILES string of the molecule is Cc1nc(-c2cccc(NC=O)c2)[nH]c1C. The van der Waals surface area contributed by atoms with Gasteiger partial charge in [0, 0.05) is 16.9 Å². The van der Waals surface area contributed by atoms with Gasteiger partial charge in [0.05, 0.1) is 5.69 Å². The molecule has 4 nitrogen and oxygen atoms in total. The van der Waals surface area contributed by atoms with E-state index in [1.165, 1.54) is 0 Å². The molecule has 0 bridgehead atoms. The Bertz CT molecular complexity index is 497. The maximum atomic E-state index is 10.3. The first-order chi connectivity index (χ1) is 7.70. The summed E-state index contributed by atoms with van der Waals surface area (Å²) in [4.78, 5) is 18.0. The molecule has 0 aliphatic carbocycles. The van der Waals surface area contributed by atoms with E-state index in [1.54, 1.807) is 0 Å². The number of aromatic amines is 1. The highest BCUT2D eigenvalue weighted by Gasteiger charge is 2.05. The average Bonchev–Trinajstić information content (AvgIpc) is 2.60. The van der Waals surface area contributed by atoms with Gasteiger partial charge in [0.1, 0.15) is 5.82 Å². The van der Waals surface area contributed by atoms with E-state index in [0.29, 0.717) is 6.41 Å². The minimum atomic E-state index is 0.664. The molecule has 0 fully saturated rings. The molecule has 82 valence electrons. The van der Waals surface area contributed by atoms with E-state index in [1.807, 2.05) is 38.1 Å². The Morgan fingerprint density at radius 1 is 1.38 bits per heavy atom. The van der Waals surface area contributed by atoms with Gasteiger partial charge < -0.3 is 10.3 Å². The predicted molar refractivity (Wildman–Crippen MR) is 63.2 cm³/mol. The molecule has 0 saturated carbocycles. The topological polar surface area (TPSA) is 57.8 Å². The third-order valence-corrected chi connectivity index (χ3v) is 2.49. The number of H-pyrrole nitrogens is 1. The first-order valence-corrected chi connectivity index (χ1v) is 5.04. The van der Waals surface area contributed by atoms with E-state index >= 15 is 0 Å². The molecule has 2 N–H and O–H groups in total. The summed E-state index contributed by atoms with van der Waals surface area (Å²) in [7, 11) is 0. The van der Waals surface area contributed by atoms with E-state index in [0.717, 1.165) is 28.5 Å². The van der Waals surface area contributed by atoms with Crippen molar-refractivity contribution < 1.29 is 4.79 Å². The van der Waals surface area contributed by atoms with Gasteiger partial charge in [-0.25, -0.2) is 4.98 Å². The first kappa shape index (κ1) is 10.4. The van der Waals surface area contributed by atoms with Gasteiger partial charge in [0.15, 0.2) is 0 Å². The highest BCUT2D eigenvalue weighted by molar-refractivity contribution is 5.74. The maximum Gasteiger partial charge on any atom is 0.211 e. The molecule has 0 radical (unpaired) electrons. The Hall–Kier alpha value is -2.10. The van der Waals surface area contributed by atoms with E-state index in [2.05, 4.69) is 15.3 Å². The molecule has 1 aromatic heterocycles. The van der Waals surface area contributed by atoms with Crippen molar-refractivity contribution in [3.8, 4) is 11.4 Å². The smallest absolute Gasteiger partial charge is 0.211 e. The van der Waals surface area contributed by atoms with Crippen LogP contribution in [-0.4, -0.2) is 16.4 Å². The van der Waals surface area contributed by atoms with E-state index in [4.69, 9.17) is 0 Å². The first-order valence-electron chi connectivity index (χ1n) is 5.04. The van der Waals surface area contributed by atoms with Crippen LogP contribution in [0.25, 0.3) is 11.4 Å². The van der Waals surface area contributed by atoms with Gasteiger partial charge in [-0.3, -0.25) is 4.79 Å². The van der Waals surface area contributed by atoms with Crippen molar-refractivity contribution in [2.24, 2.45) is 0 Å². The van der Waals surface area contributed by atoms with Crippen molar-refractivity contribution in [1.82, 2.24) is 9.97 Å². The van der Waals surface area contributed by atoms with E-state index in [9.17, 15) is 4.79 Å². The fourth-order valence-corrected chi connectivity index (χ4v) is 1.51. The van der Waals surface area contributed by atoms with E-state index in [-0.39, 0.29) is 0 Å². The Morgan fingerprint density at radius 2 is 2.19 bits per heavy atom. The average molecular weight is 215 g/mol. The van der Waals surface area contributed by atoms with Crippen LogP contribution in [-0.2, 0) is 4.79 Å². The van der Waals surface area contributed by atoms with Crippen LogP contribution in [0.15, 0.2) is 24.3 Å². The fourth-order valence-electron chi connectivity index (χ4n) is 1.51. The van der Waals surface area contributed by atoms with Crippen molar-refractivity contribution in [1.29, 1.82) is 0 Å². The number of anilines is 1. The summed E-state index contributed by atoms with van der Waals surface area (Å²) < 4.78 is 0. The van der Waals surface area contributed by atoms with Gasteiger partial charge in [-0.15, -0.1) is 0 Å². The maximum absolute atomic E-state index is 10.3. The number of hydrogen-bond acceptors (Lipinski definition) is 2. The molecule has 1 amide bonds. The van der Waals surface area contributed by atoms with Crippen LogP contribution in [0.3, 0.4) is 0 Å². The summed E-state index contributed by atoms with van der Waals surface area (Å²) in [6.45, 7) is 3.95. The quantitative estimate of drug-likeness (QED) is 0.771. The number of rotatable bonds is 3. The summed E-state index contributed by atoms with van der Waals surface area (Å²) in [5, 5.41) is 2.62. The molecular weight excluding hydrogens is 202 g/mol. The molecule has 0 unspecified atom stereocenters. The summed E-state index contributed by atoms with van der Waals surface area (Å²) >= 11 is 0. The molecule has 1 aromatic carbocycles. The second-order valence-electron chi connectivity index (χ2n) is 3.64. The Balaban J connectivity index is 2.39. The van der Waals surface area contributed by atoms with Crippen LogP contribution in [0.1, 0.15) is 11.4 Å². The minimum absolute atomic E-state index is 0.664. The summed E-state index contributed by atoms with van der Waals surface area (Å²) in [5.41, 5.74) is 3.77. The van der Waals surface area contributed by atoms with Crippen molar-refractivity contribution >= 4 is 12.1 Å². The summed E-state index contributed by atoms with van der Waals surface area (Å²) in [6, 6.07) is 7.55. The Labute approximate surface area is 93.7 Å². The highest BCUT2D eigenvalue weighted by atomic mass is 16.1. The largest absolute Gasteiger partial charge is 0.342 e. The van der Waals surface area contributed by atoms with Crippen molar-refractivity contribution in [2.75, 3.05) is 5.32 Å². The molecule has 0 spiro atoms. The molecule has 16 heavy (non-hydrogen) atoms. The zero-order valence-electron chi connectivity index (χ0n) is 9.24. The number of carbonyl (C=O) groups excluding carboxylic acids is 1. The molecule has 0 saturated heterocycles. The minimum Gasteiger partial charge on any atom is -0.342 e. The van der Waals surface area contributed by atoms with Gasteiger partial charge in [0.2, 0.25) is 6.41 Å². The molecular formula is C12H13N3O. The van der Waals surface area contributed by atoms with Crippen LogP contribution in [0.4, 0.5) is 5.69 Å². The number of carbonyl (C=O) groups is 1. The normalized spacial score (nSPS) is 10.1. The lowest BCUT2D eigenvalue weighted by atomic mass is 10.2. The van der Waals surface area contributed by atoms with Crippen LogP contribution in [0.5, 0.6) is 0 Å². The van der Waals surface area contributed by atoms with Crippen molar-refractivity contribution in [3.05, 3.63) is 35.7 Å². The van der Waals surface area contributed by atoms with Gasteiger partial charge >= 0.3 is 0 Å². The van der Waals surface area contributed by atoms with Crippen molar-refractivity contribution in [2.45, 2.75) is 13.8 Å². The lowest BCUT2D eigenvalue weighted by Crippen LogP contribution is -1.93. The van der Waals surface area contributed by atoms with Crippen LogP contribution < -0.4 is 5.32 Å². The second-order valence-corrected chi connectivity index (χ2v) is 3.64. The lowest BCUT2D eigenvalue weighted by Gasteiger charge is -2.01. The number of nitrogens with one attached hydrogen (secondary N) is 2. The standard InChI is InChI=1S/C12H13N3O/c1-8-9(2)15-12(14-8)10-4-3-5-11(6-10)13-7-16/h3-7H,1-2H3,(H,13,16)(H,14,15). The number of nitrogens with zero attached hydrogens (tertiary/aromatic N) is 1. The Morgan fingerprint density at radius 3 is 2.81 bits per heavy atom. The zero-order valence-corrected chi connectivity index (χ0v) is 9.24. The molecule has 2 rings (SSSR count). The van der Waals surface area contributed by atoms with Crippen LogP contribution in [0.2, 0.25) is 0 Å². The second kappa shape index (κ2) is 4.18. The predicted octanol–water partition coefficient (Wildman–Crippen LogP) is 2.26. The number of benzene rings is 1. The monoisotopic (exact) mass is 215 g/mol. The van der Waals surface area contributed by atoms with Crippen molar-refractivity contribution in [3.63, 3.8) is 0 Å². The number of imidazole rings is 1. The molecule has 4 heteroatoms.